The number of carbonyl (C=O) groups excluding carboxylic acids is 1. The third kappa shape index (κ3) is 4.10. The lowest BCUT2D eigenvalue weighted by Crippen LogP contribution is -2.22. The van der Waals surface area contributed by atoms with E-state index >= 15 is 0 Å². The Labute approximate surface area is 189 Å². The van der Waals surface area contributed by atoms with Gasteiger partial charge in [0.25, 0.3) is 0 Å². The molecule has 1 aliphatic heterocycles. The van der Waals surface area contributed by atoms with Crippen LogP contribution in [0.2, 0.25) is 0 Å². The number of aromatic nitrogens is 2. The zero-order valence-corrected chi connectivity index (χ0v) is 19.4. The van der Waals surface area contributed by atoms with Gasteiger partial charge in [0.15, 0.2) is 0 Å². The molecule has 1 aliphatic rings. The second-order valence-corrected chi connectivity index (χ2v) is 8.71. The first-order chi connectivity index (χ1) is 15.4. The van der Waals surface area contributed by atoms with Crippen LogP contribution >= 0.6 is 0 Å². The first-order valence-corrected chi connectivity index (χ1v) is 11.2. The molecule has 0 bridgehead atoms. The minimum Gasteiger partial charge on any atom is -0.507 e. The summed E-state index contributed by atoms with van der Waals surface area (Å²) in [5.41, 5.74) is 4.70. The van der Waals surface area contributed by atoms with Crippen molar-refractivity contribution >= 4 is 16.9 Å². The van der Waals surface area contributed by atoms with Gasteiger partial charge in [0.1, 0.15) is 5.75 Å². The molecule has 0 unspecified atom stereocenters. The number of likely N-dealkylation sites (tertiary alicyclic amines) is 1. The molecule has 1 fully saturated rings. The molecule has 0 atom stereocenters. The molecule has 0 amide bonds. The van der Waals surface area contributed by atoms with Gasteiger partial charge < -0.3 is 19.3 Å². The zero-order valence-electron chi connectivity index (χ0n) is 19.4. The maximum Gasteiger partial charge on any atom is 0.340 e. The first kappa shape index (κ1) is 22.3. The van der Waals surface area contributed by atoms with Crippen LogP contribution < -0.4 is 0 Å². The summed E-state index contributed by atoms with van der Waals surface area (Å²) in [5, 5.41) is 12.2. The van der Waals surface area contributed by atoms with Crippen LogP contribution in [0, 0.1) is 0 Å². The second kappa shape index (κ2) is 9.30. The molecule has 3 heterocycles. The van der Waals surface area contributed by atoms with Crippen LogP contribution in [0.15, 0.2) is 30.6 Å². The van der Waals surface area contributed by atoms with Crippen molar-refractivity contribution in [1.29, 1.82) is 0 Å². The fourth-order valence-electron chi connectivity index (χ4n) is 4.69. The highest BCUT2D eigenvalue weighted by Gasteiger charge is 2.29. The third-order valence-electron chi connectivity index (χ3n) is 6.18. The van der Waals surface area contributed by atoms with Crippen molar-refractivity contribution in [2.45, 2.75) is 32.9 Å². The lowest BCUT2D eigenvalue weighted by molar-refractivity contribution is 0.0526. The highest BCUT2D eigenvalue weighted by atomic mass is 16.5. The van der Waals surface area contributed by atoms with Gasteiger partial charge in [-0.25, -0.2) is 4.79 Å². The van der Waals surface area contributed by atoms with Crippen molar-refractivity contribution in [3.8, 4) is 16.9 Å². The number of aromatic hydroxyl groups is 1. The van der Waals surface area contributed by atoms with E-state index in [4.69, 9.17) is 4.74 Å². The van der Waals surface area contributed by atoms with Crippen LogP contribution in [0.3, 0.4) is 0 Å². The van der Waals surface area contributed by atoms with E-state index in [9.17, 15) is 9.90 Å². The average molecular weight is 437 g/mol. The number of phenolic OH excluding ortho intramolecular Hbond substituents is 1. The van der Waals surface area contributed by atoms with Crippen molar-refractivity contribution in [1.82, 2.24) is 19.4 Å². The number of carbonyl (C=O) groups is 1. The molecule has 7 nitrogen and oxygen atoms in total. The highest BCUT2D eigenvalue weighted by molar-refractivity contribution is 6.09. The van der Waals surface area contributed by atoms with Gasteiger partial charge in [0, 0.05) is 60.3 Å². The Morgan fingerprint density at radius 3 is 2.66 bits per heavy atom. The predicted molar refractivity (Wildman–Crippen MR) is 126 cm³/mol. The number of esters is 1. The molecule has 2 aromatic heterocycles. The van der Waals surface area contributed by atoms with E-state index in [-0.39, 0.29) is 11.7 Å². The molecule has 7 heteroatoms. The van der Waals surface area contributed by atoms with Crippen LogP contribution in [0.5, 0.6) is 5.75 Å². The first-order valence-electron chi connectivity index (χ1n) is 11.2. The molecule has 1 aromatic carbocycles. The fraction of sp³-hybridized carbons (Fsp3) is 0.440. The molecule has 1 saturated heterocycles. The molecule has 0 radical (unpaired) electrons. The topological polar surface area (TPSA) is 70.8 Å². The van der Waals surface area contributed by atoms with E-state index in [1.807, 2.05) is 51.2 Å². The summed E-state index contributed by atoms with van der Waals surface area (Å²) in [6, 6.07) is 5.77. The van der Waals surface area contributed by atoms with Crippen LogP contribution in [0.4, 0.5) is 0 Å². The summed E-state index contributed by atoms with van der Waals surface area (Å²) in [4.78, 5) is 21.8. The Morgan fingerprint density at radius 2 is 2.03 bits per heavy atom. The van der Waals surface area contributed by atoms with E-state index in [0.717, 1.165) is 40.8 Å². The SMILES string of the molecule is CCOC(=O)c1c(CN2CCCC2)n(C)c2cc(-c3cccnc3)c(O)c(CN(C)C)c12. The molecule has 1 N–H and O–H groups in total. The van der Waals surface area contributed by atoms with E-state index in [2.05, 4.69) is 14.5 Å². The number of fused-ring (bicyclic) bond motifs is 1. The highest BCUT2D eigenvalue weighted by Crippen LogP contribution is 2.42. The summed E-state index contributed by atoms with van der Waals surface area (Å²) < 4.78 is 7.59. The van der Waals surface area contributed by atoms with Crippen molar-refractivity contribution in [2.24, 2.45) is 7.05 Å². The van der Waals surface area contributed by atoms with E-state index in [0.29, 0.717) is 30.8 Å². The maximum absolute atomic E-state index is 13.2. The minimum absolute atomic E-state index is 0.183. The predicted octanol–water partition coefficient (Wildman–Crippen LogP) is 3.78. The summed E-state index contributed by atoms with van der Waals surface area (Å²) in [5.74, 6) is -0.149. The second-order valence-electron chi connectivity index (χ2n) is 8.71. The zero-order chi connectivity index (χ0) is 22.8. The van der Waals surface area contributed by atoms with Gasteiger partial charge in [-0.1, -0.05) is 6.07 Å². The molecule has 32 heavy (non-hydrogen) atoms. The number of phenols is 1. The third-order valence-corrected chi connectivity index (χ3v) is 6.18. The summed E-state index contributed by atoms with van der Waals surface area (Å²) >= 11 is 0. The molecule has 170 valence electrons. The molecular formula is C25H32N4O3. The minimum atomic E-state index is -0.333. The lowest BCUT2D eigenvalue weighted by Gasteiger charge is -2.17. The molecule has 4 rings (SSSR count). The van der Waals surface area contributed by atoms with Crippen LogP contribution in [-0.4, -0.2) is 64.2 Å². The summed E-state index contributed by atoms with van der Waals surface area (Å²) in [6.45, 7) is 5.36. The average Bonchev–Trinajstić information content (AvgIpc) is 3.38. The van der Waals surface area contributed by atoms with Gasteiger partial charge in [-0.2, -0.15) is 0 Å². The largest absolute Gasteiger partial charge is 0.507 e. The normalized spacial score (nSPS) is 14.5. The maximum atomic E-state index is 13.2. The number of pyridine rings is 1. The number of ether oxygens (including phenoxy) is 1. The van der Waals surface area contributed by atoms with Gasteiger partial charge in [0.2, 0.25) is 0 Å². The number of rotatable bonds is 7. The Balaban J connectivity index is 2.02. The van der Waals surface area contributed by atoms with Crippen LogP contribution in [0.1, 0.15) is 41.4 Å². The quantitative estimate of drug-likeness (QED) is 0.569. The molecule has 3 aromatic rings. The Bertz CT molecular complexity index is 1120. The van der Waals surface area contributed by atoms with E-state index in [1.165, 1.54) is 12.8 Å². The Morgan fingerprint density at radius 1 is 1.28 bits per heavy atom. The summed E-state index contributed by atoms with van der Waals surface area (Å²) in [6.07, 6.45) is 5.82. The monoisotopic (exact) mass is 436 g/mol. The smallest absolute Gasteiger partial charge is 0.340 e. The standard InChI is InChI=1S/C25H32N4O3/c1-5-32-25(31)23-21(16-29-11-6-7-12-29)28(4)20-13-18(17-9-8-10-26-14-17)24(30)19(22(20)23)15-27(2)3/h8-10,13-14,30H,5-7,11-12,15-16H2,1-4H3. The fourth-order valence-corrected chi connectivity index (χ4v) is 4.69. The van der Waals surface area contributed by atoms with Gasteiger partial charge in [0.05, 0.1) is 17.7 Å². The van der Waals surface area contributed by atoms with Gasteiger partial charge in [-0.05, 0) is 59.1 Å². The molecule has 0 spiro atoms. The number of nitrogens with zero attached hydrogens (tertiary/aromatic N) is 4. The number of hydrogen-bond acceptors (Lipinski definition) is 6. The van der Waals surface area contributed by atoms with Crippen molar-refractivity contribution in [3.05, 3.63) is 47.4 Å². The molecule has 0 aliphatic carbocycles. The molecule has 0 saturated carbocycles. The van der Waals surface area contributed by atoms with E-state index < -0.39 is 0 Å². The number of benzene rings is 1. The van der Waals surface area contributed by atoms with E-state index in [1.54, 1.807) is 12.4 Å². The summed E-state index contributed by atoms with van der Waals surface area (Å²) in [7, 11) is 5.92. The lowest BCUT2D eigenvalue weighted by atomic mass is 9.96. The molecular weight excluding hydrogens is 404 g/mol. The van der Waals surface area contributed by atoms with Crippen LogP contribution in [0.25, 0.3) is 22.0 Å². The van der Waals surface area contributed by atoms with Crippen molar-refractivity contribution in [3.63, 3.8) is 0 Å². The van der Waals surface area contributed by atoms with Gasteiger partial charge in [-0.15, -0.1) is 0 Å². The van der Waals surface area contributed by atoms with Crippen LogP contribution in [-0.2, 0) is 24.9 Å². The number of hydrogen-bond donors (Lipinski definition) is 1. The van der Waals surface area contributed by atoms with Gasteiger partial charge >= 0.3 is 5.97 Å². The Kier molecular flexibility index (Phi) is 6.48. The van der Waals surface area contributed by atoms with Crippen molar-refractivity contribution < 1.29 is 14.6 Å². The van der Waals surface area contributed by atoms with Gasteiger partial charge in [-0.3, -0.25) is 9.88 Å². The Hall–Kier alpha value is -2.90. The number of aryl methyl sites for hydroxylation is 1. The van der Waals surface area contributed by atoms with Crippen molar-refractivity contribution in [2.75, 3.05) is 33.8 Å².